The van der Waals surface area contributed by atoms with Gasteiger partial charge < -0.3 is 10.1 Å². The third-order valence-electron chi connectivity index (χ3n) is 4.41. The highest BCUT2D eigenvalue weighted by Crippen LogP contribution is 2.40. The molecule has 1 N–H and O–H groups in total. The maximum atomic E-state index is 13.5. The molecular formula is C20H20F3N3O2. The van der Waals surface area contributed by atoms with Crippen LogP contribution in [0.25, 0.3) is 0 Å². The van der Waals surface area contributed by atoms with Crippen molar-refractivity contribution in [2.24, 2.45) is 4.99 Å². The van der Waals surface area contributed by atoms with Crippen LogP contribution in [-0.4, -0.2) is 32.4 Å². The molecule has 1 aliphatic rings. The molecule has 0 saturated heterocycles. The number of carbonyl (C=O) groups is 1. The summed E-state index contributed by atoms with van der Waals surface area (Å²) >= 11 is 0. The first kappa shape index (κ1) is 19.7. The number of alkyl halides is 3. The van der Waals surface area contributed by atoms with Gasteiger partial charge in [-0.15, -0.1) is 0 Å². The van der Waals surface area contributed by atoms with Gasteiger partial charge in [-0.05, 0) is 37.1 Å². The van der Waals surface area contributed by atoms with Crippen molar-refractivity contribution in [3.8, 4) is 5.75 Å². The summed E-state index contributed by atoms with van der Waals surface area (Å²) in [4.78, 5) is 17.3. The van der Waals surface area contributed by atoms with Crippen LogP contribution in [0.1, 0.15) is 24.0 Å². The van der Waals surface area contributed by atoms with Gasteiger partial charge in [-0.25, -0.2) is 0 Å². The van der Waals surface area contributed by atoms with Crippen LogP contribution in [0.5, 0.6) is 5.75 Å². The summed E-state index contributed by atoms with van der Waals surface area (Å²) in [5.41, 5.74) is -0.128. The quantitative estimate of drug-likeness (QED) is 0.458. The molecule has 148 valence electrons. The van der Waals surface area contributed by atoms with Crippen LogP contribution in [0.3, 0.4) is 0 Å². The Labute approximate surface area is 160 Å². The van der Waals surface area contributed by atoms with E-state index in [-0.39, 0.29) is 17.5 Å². The minimum Gasteiger partial charge on any atom is -0.496 e. The lowest BCUT2D eigenvalue weighted by molar-refractivity contribution is -0.137. The maximum Gasteiger partial charge on any atom is 0.416 e. The van der Waals surface area contributed by atoms with E-state index in [0.717, 1.165) is 29.9 Å². The average molecular weight is 391 g/mol. The lowest BCUT2D eigenvalue weighted by Crippen LogP contribution is -2.30. The monoisotopic (exact) mass is 391 g/mol. The third-order valence-corrected chi connectivity index (χ3v) is 4.41. The number of anilines is 2. The normalized spacial score (nSPS) is 14.5. The standard InChI is InChI=1S/C20H20F3N3O2/c1-24-19(25-14-8-9-14)18-16(26(12-27)15-6-4-3-5-7-15)10-13(20(21,22)23)11-17(18)28-2/h3-7,10-12,14H,8-9H2,1-2H3,(H,24,25). The van der Waals surface area contributed by atoms with E-state index in [9.17, 15) is 18.0 Å². The number of ether oxygens (including phenoxy) is 1. The number of rotatable bonds is 6. The summed E-state index contributed by atoms with van der Waals surface area (Å²) in [6, 6.07) is 10.5. The predicted octanol–water partition coefficient (Wildman–Crippen LogP) is 4.14. The molecule has 0 bridgehead atoms. The second-order valence-electron chi connectivity index (χ2n) is 6.37. The van der Waals surface area contributed by atoms with E-state index in [1.807, 2.05) is 0 Å². The minimum atomic E-state index is -4.60. The number of para-hydroxylation sites is 1. The fourth-order valence-electron chi connectivity index (χ4n) is 2.87. The zero-order chi connectivity index (χ0) is 20.3. The highest BCUT2D eigenvalue weighted by Gasteiger charge is 2.35. The molecule has 1 amide bonds. The second-order valence-corrected chi connectivity index (χ2v) is 6.37. The molecule has 28 heavy (non-hydrogen) atoms. The largest absolute Gasteiger partial charge is 0.496 e. The number of hydrogen-bond donors (Lipinski definition) is 1. The highest BCUT2D eigenvalue weighted by atomic mass is 19.4. The molecule has 1 aliphatic carbocycles. The summed E-state index contributed by atoms with van der Waals surface area (Å²) in [7, 11) is 2.83. The molecule has 0 heterocycles. The molecule has 3 rings (SSSR count). The summed E-state index contributed by atoms with van der Waals surface area (Å²) in [5, 5.41) is 3.21. The van der Waals surface area contributed by atoms with Crippen molar-refractivity contribution < 1.29 is 22.7 Å². The zero-order valence-electron chi connectivity index (χ0n) is 15.5. The van der Waals surface area contributed by atoms with Crippen molar-refractivity contribution in [3.05, 3.63) is 53.6 Å². The van der Waals surface area contributed by atoms with Gasteiger partial charge in [0.05, 0.1) is 23.9 Å². The van der Waals surface area contributed by atoms with Crippen LogP contribution in [0.15, 0.2) is 47.5 Å². The van der Waals surface area contributed by atoms with Gasteiger partial charge >= 0.3 is 6.18 Å². The van der Waals surface area contributed by atoms with Gasteiger partial charge in [0.1, 0.15) is 11.6 Å². The number of nitrogens with one attached hydrogen (secondary N) is 1. The molecular weight excluding hydrogens is 371 g/mol. The molecule has 0 spiro atoms. The molecule has 2 aromatic carbocycles. The number of amidine groups is 1. The Morgan fingerprint density at radius 3 is 2.43 bits per heavy atom. The number of hydrogen-bond acceptors (Lipinski definition) is 3. The highest BCUT2D eigenvalue weighted by molar-refractivity contribution is 6.09. The first-order chi connectivity index (χ1) is 13.4. The van der Waals surface area contributed by atoms with E-state index in [4.69, 9.17) is 4.74 Å². The maximum absolute atomic E-state index is 13.5. The summed E-state index contributed by atoms with van der Waals surface area (Å²) < 4.78 is 45.7. The molecule has 0 radical (unpaired) electrons. The number of aliphatic imine (C=N–C) groups is 1. The van der Waals surface area contributed by atoms with Crippen LogP contribution < -0.4 is 15.0 Å². The molecule has 1 fully saturated rings. The molecule has 0 aromatic heterocycles. The van der Waals surface area contributed by atoms with Crippen LogP contribution in [0, 0.1) is 0 Å². The third kappa shape index (κ3) is 4.11. The Bertz CT molecular complexity index is 878. The van der Waals surface area contributed by atoms with Gasteiger partial charge in [0.2, 0.25) is 6.41 Å². The van der Waals surface area contributed by atoms with Crippen LogP contribution in [-0.2, 0) is 11.0 Å². The molecule has 0 unspecified atom stereocenters. The lowest BCUT2D eigenvalue weighted by Gasteiger charge is -2.25. The van der Waals surface area contributed by atoms with E-state index in [2.05, 4.69) is 10.3 Å². The van der Waals surface area contributed by atoms with E-state index in [1.165, 1.54) is 7.11 Å². The number of halogens is 3. The fourth-order valence-corrected chi connectivity index (χ4v) is 2.87. The first-order valence-corrected chi connectivity index (χ1v) is 8.71. The van der Waals surface area contributed by atoms with Gasteiger partial charge in [-0.2, -0.15) is 13.2 Å². The minimum absolute atomic E-state index is 0.0126. The fraction of sp³-hybridized carbons (Fsp3) is 0.300. The number of amides is 1. The van der Waals surface area contributed by atoms with Crippen molar-refractivity contribution in [2.45, 2.75) is 25.1 Å². The lowest BCUT2D eigenvalue weighted by atomic mass is 10.0. The van der Waals surface area contributed by atoms with Crippen molar-refractivity contribution in [1.82, 2.24) is 5.32 Å². The summed E-state index contributed by atoms with van der Waals surface area (Å²) in [6.07, 6.45) is -2.21. The Kier molecular flexibility index (Phi) is 5.58. The Morgan fingerprint density at radius 2 is 1.93 bits per heavy atom. The van der Waals surface area contributed by atoms with E-state index in [0.29, 0.717) is 23.5 Å². The number of benzene rings is 2. The smallest absolute Gasteiger partial charge is 0.416 e. The van der Waals surface area contributed by atoms with Gasteiger partial charge in [0.25, 0.3) is 0 Å². The van der Waals surface area contributed by atoms with Crippen molar-refractivity contribution in [1.29, 1.82) is 0 Å². The van der Waals surface area contributed by atoms with Crippen molar-refractivity contribution in [3.63, 3.8) is 0 Å². The number of nitrogens with zero attached hydrogens (tertiary/aromatic N) is 2. The van der Waals surface area contributed by atoms with E-state index in [1.54, 1.807) is 37.4 Å². The number of carbonyl (C=O) groups excluding carboxylic acids is 1. The second kappa shape index (κ2) is 7.92. The molecule has 0 aliphatic heterocycles. The Hall–Kier alpha value is -3.03. The molecule has 0 atom stereocenters. The van der Waals surface area contributed by atoms with E-state index < -0.39 is 11.7 Å². The van der Waals surface area contributed by atoms with Gasteiger partial charge in [0.15, 0.2) is 0 Å². The summed E-state index contributed by atoms with van der Waals surface area (Å²) in [6.45, 7) is 0. The average Bonchev–Trinajstić information content (AvgIpc) is 3.50. The van der Waals surface area contributed by atoms with Crippen LogP contribution in [0.4, 0.5) is 24.5 Å². The zero-order valence-corrected chi connectivity index (χ0v) is 15.5. The van der Waals surface area contributed by atoms with Gasteiger partial charge in [-0.1, -0.05) is 18.2 Å². The van der Waals surface area contributed by atoms with Gasteiger partial charge in [-0.3, -0.25) is 14.7 Å². The molecule has 5 nitrogen and oxygen atoms in total. The van der Waals surface area contributed by atoms with Crippen LogP contribution >= 0.6 is 0 Å². The Morgan fingerprint density at radius 1 is 1.25 bits per heavy atom. The predicted molar refractivity (Wildman–Crippen MR) is 101 cm³/mol. The topological polar surface area (TPSA) is 53.9 Å². The summed E-state index contributed by atoms with van der Waals surface area (Å²) in [5.74, 6) is 0.368. The number of methoxy groups -OCH3 is 1. The molecule has 8 heteroatoms. The van der Waals surface area contributed by atoms with Crippen molar-refractivity contribution >= 4 is 23.6 Å². The first-order valence-electron chi connectivity index (χ1n) is 8.71. The molecule has 1 saturated carbocycles. The molecule has 2 aromatic rings. The SMILES string of the molecule is CN=C(NC1CC1)c1c(OC)cc(C(F)(F)F)cc1N(C=O)c1ccccc1. The van der Waals surface area contributed by atoms with Gasteiger partial charge in [0, 0.05) is 18.8 Å². The van der Waals surface area contributed by atoms with E-state index >= 15 is 0 Å². The van der Waals surface area contributed by atoms with Crippen LogP contribution in [0.2, 0.25) is 0 Å². The Balaban J connectivity index is 2.25. The van der Waals surface area contributed by atoms with Crippen molar-refractivity contribution in [2.75, 3.05) is 19.1 Å².